The Morgan fingerprint density at radius 1 is 1.22 bits per heavy atom. The van der Waals surface area contributed by atoms with Crippen LogP contribution in [0.1, 0.15) is 29.0 Å². The second-order valence-corrected chi connectivity index (χ2v) is 8.79. The molecule has 2 aromatic rings. The molecule has 0 radical (unpaired) electrons. The summed E-state index contributed by atoms with van der Waals surface area (Å²) in [7, 11) is -2.11. The molecule has 0 saturated carbocycles. The molecule has 1 aromatic heterocycles. The summed E-state index contributed by atoms with van der Waals surface area (Å²) in [6.07, 6.45) is -0.169. The molecule has 124 valence electrons. The monoisotopic (exact) mass is 353 g/mol. The van der Waals surface area contributed by atoms with Crippen LogP contribution in [0.15, 0.2) is 40.6 Å². The van der Waals surface area contributed by atoms with E-state index in [9.17, 15) is 13.2 Å². The summed E-state index contributed by atoms with van der Waals surface area (Å²) in [4.78, 5) is 11.2. The van der Waals surface area contributed by atoms with E-state index in [0.29, 0.717) is 4.88 Å². The van der Waals surface area contributed by atoms with Crippen molar-refractivity contribution in [3.05, 3.63) is 52.4 Å². The number of aliphatic carboxylic acids is 1. The molecule has 1 N–H and O–H groups in total. The fraction of sp³-hybridized carbons (Fsp3) is 0.312. The fourth-order valence-corrected chi connectivity index (χ4v) is 5.03. The molecule has 0 aliphatic carbocycles. The van der Waals surface area contributed by atoms with E-state index in [0.717, 1.165) is 22.5 Å². The highest BCUT2D eigenvalue weighted by atomic mass is 32.2. The lowest BCUT2D eigenvalue weighted by molar-refractivity contribution is -0.136. The van der Waals surface area contributed by atoms with Crippen molar-refractivity contribution in [2.24, 2.45) is 0 Å². The van der Waals surface area contributed by atoms with E-state index in [4.69, 9.17) is 5.11 Å². The minimum atomic E-state index is -3.65. The lowest BCUT2D eigenvalue weighted by atomic mass is 10.1. The Kier molecular flexibility index (Phi) is 5.23. The third-order valence-corrected chi connectivity index (χ3v) is 7.18. The molecule has 1 unspecified atom stereocenters. The van der Waals surface area contributed by atoms with Crippen LogP contribution in [-0.4, -0.2) is 30.8 Å². The highest BCUT2D eigenvalue weighted by Gasteiger charge is 2.28. The number of carbonyl (C=O) groups is 1. The topological polar surface area (TPSA) is 74.7 Å². The van der Waals surface area contributed by atoms with Crippen molar-refractivity contribution >= 4 is 27.3 Å². The average molecular weight is 353 g/mol. The van der Waals surface area contributed by atoms with Crippen molar-refractivity contribution in [2.75, 3.05) is 7.05 Å². The molecule has 7 heteroatoms. The van der Waals surface area contributed by atoms with Crippen molar-refractivity contribution in [3.63, 3.8) is 0 Å². The van der Waals surface area contributed by atoms with Crippen LogP contribution in [0.2, 0.25) is 0 Å². The summed E-state index contributed by atoms with van der Waals surface area (Å²) in [5.41, 5.74) is 2.02. The second-order valence-electron chi connectivity index (χ2n) is 5.40. The molecule has 5 nitrogen and oxygen atoms in total. The van der Waals surface area contributed by atoms with E-state index in [2.05, 4.69) is 0 Å². The van der Waals surface area contributed by atoms with Gasteiger partial charge >= 0.3 is 5.97 Å². The Morgan fingerprint density at radius 2 is 1.83 bits per heavy atom. The first-order valence-corrected chi connectivity index (χ1v) is 9.32. The lowest BCUT2D eigenvalue weighted by Crippen LogP contribution is -2.29. The van der Waals surface area contributed by atoms with Crippen LogP contribution < -0.4 is 0 Å². The van der Waals surface area contributed by atoms with Crippen molar-refractivity contribution in [1.29, 1.82) is 0 Å². The minimum Gasteiger partial charge on any atom is -0.481 e. The van der Waals surface area contributed by atoms with Crippen LogP contribution in [0.4, 0.5) is 0 Å². The van der Waals surface area contributed by atoms with E-state index in [1.807, 2.05) is 38.1 Å². The van der Waals surface area contributed by atoms with Gasteiger partial charge in [0.15, 0.2) is 0 Å². The molecular weight excluding hydrogens is 334 g/mol. The van der Waals surface area contributed by atoms with Gasteiger partial charge < -0.3 is 5.11 Å². The summed E-state index contributed by atoms with van der Waals surface area (Å²) in [6.45, 7) is 3.80. The third kappa shape index (κ3) is 3.99. The standard InChI is InChI=1S/C16H19NO4S2/c1-11-4-6-13(7-5-11)12(2)17(3)23(20,21)16-9-8-14(22-16)10-15(18)19/h4-9,12H,10H2,1-3H3,(H,18,19). The Morgan fingerprint density at radius 3 is 2.39 bits per heavy atom. The van der Waals surface area contributed by atoms with Gasteiger partial charge in [-0.1, -0.05) is 29.8 Å². The van der Waals surface area contributed by atoms with Gasteiger partial charge in [0, 0.05) is 18.0 Å². The van der Waals surface area contributed by atoms with Crippen LogP contribution in [0, 0.1) is 6.92 Å². The number of hydrogen-bond acceptors (Lipinski definition) is 4. The molecular formula is C16H19NO4S2. The first-order chi connectivity index (χ1) is 10.7. The fourth-order valence-electron chi connectivity index (χ4n) is 2.15. The van der Waals surface area contributed by atoms with Gasteiger partial charge in [-0.05, 0) is 31.5 Å². The molecule has 23 heavy (non-hydrogen) atoms. The first kappa shape index (κ1) is 17.7. The van der Waals surface area contributed by atoms with Gasteiger partial charge in [0.25, 0.3) is 10.0 Å². The van der Waals surface area contributed by atoms with Crippen molar-refractivity contribution in [1.82, 2.24) is 4.31 Å². The van der Waals surface area contributed by atoms with E-state index in [1.165, 1.54) is 17.4 Å². The Hall–Kier alpha value is -1.70. The van der Waals surface area contributed by atoms with Crippen molar-refractivity contribution in [3.8, 4) is 0 Å². The van der Waals surface area contributed by atoms with Crippen LogP contribution in [0.25, 0.3) is 0 Å². The highest BCUT2D eigenvalue weighted by molar-refractivity contribution is 7.91. The van der Waals surface area contributed by atoms with Gasteiger partial charge in [-0.25, -0.2) is 8.42 Å². The van der Waals surface area contributed by atoms with Gasteiger partial charge in [0.1, 0.15) is 4.21 Å². The van der Waals surface area contributed by atoms with Crippen molar-refractivity contribution in [2.45, 2.75) is 30.5 Å². The summed E-state index contributed by atoms with van der Waals surface area (Å²) < 4.78 is 26.9. The van der Waals surface area contributed by atoms with E-state index < -0.39 is 16.0 Å². The highest BCUT2D eigenvalue weighted by Crippen LogP contribution is 2.30. The van der Waals surface area contributed by atoms with Gasteiger partial charge in [0.05, 0.1) is 6.42 Å². The Balaban J connectivity index is 2.25. The van der Waals surface area contributed by atoms with Crippen molar-refractivity contribution < 1.29 is 18.3 Å². The number of thiophene rings is 1. The third-order valence-electron chi connectivity index (χ3n) is 3.70. The number of benzene rings is 1. The number of rotatable bonds is 6. The van der Waals surface area contributed by atoms with Crippen LogP contribution >= 0.6 is 11.3 Å². The van der Waals surface area contributed by atoms with Crippen LogP contribution in [0.5, 0.6) is 0 Å². The summed E-state index contributed by atoms with van der Waals surface area (Å²) in [6, 6.07) is 10.4. The van der Waals surface area contributed by atoms with Gasteiger partial charge in [-0.15, -0.1) is 11.3 Å². The average Bonchev–Trinajstić information content (AvgIpc) is 2.95. The number of sulfonamides is 1. The zero-order chi connectivity index (χ0) is 17.2. The predicted molar refractivity (Wildman–Crippen MR) is 90.2 cm³/mol. The quantitative estimate of drug-likeness (QED) is 0.866. The van der Waals surface area contributed by atoms with E-state index in [-0.39, 0.29) is 16.7 Å². The zero-order valence-electron chi connectivity index (χ0n) is 13.2. The predicted octanol–water partition coefficient (Wildman–Crippen LogP) is 3.07. The number of nitrogens with zero attached hydrogens (tertiary/aromatic N) is 1. The number of aryl methyl sites for hydroxylation is 1. The molecule has 0 amide bonds. The molecule has 0 saturated heterocycles. The molecule has 0 aliphatic heterocycles. The maximum atomic E-state index is 12.7. The zero-order valence-corrected chi connectivity index (χ0v) is 14.8. The number of carboxylic acids is 1. The van der Waals surface area contributed by atoms with Crippen LogP contribution in [-0.2, 0) is 21.2 Å². The van der Waals surface area contributed by atoms with E-state index >= 15 is 0 Å². The summed E-state index contributed by atoms with van der Waals surface area (Å²) in [5, 5.41) is 8.79. The molecule has 1 atom stereocenters. The van der Waals surface area contributed by atoms with Gasteiger partial charge in [-0.3, -0.25) is 4.79 Å². The largest absolute Gasteiger partial charge is 0.481 e. The second kappa shape index (κ2) is 6.82. The Bertz CT molecular complexity index is 794. The lowest BCUT2D eigenvalue weighted by Gasteiger charge is -2.24. The van der Waals surface area contributed by atoms with Gasteiger partial charge in [0.2, 0.25) is 0 Å². The summed E-state index contributed by atoms with van der Waals surface area (Å²) in [5.74, 6) is -0.975. The first-order valence-electron chi connectivity index (χ1n) is 7.07. The van der Waals surface area contributed by atoms with Gasteiger partial charge in [-0.2, -0.15) is 4.31 Å². The molecule has 1 heterocycles. The molecule has 2 rings (SSSR count). The van der Waals surface area contributed by atoms with Crippen LogP contribution in [0.3, 0.4) is 0 Å². The smallest absolute Gasteiger partial charge is 0.308 e. The number of carboxylic acid groups (broad SMARTS) is 1. The molecule has 1 aromatic carbocycles. The molecule has 0 aliphatic rings. The summed E-state index contributed by atoms with van der Waals surface area (Å²) >= 11 is 1.00. The Labute approximate surface area is 140 Å². The molecule has 0 spiro atoms. The molecule has 0 bridgehead atoms. The maximum absolute atomic E-state index is 12.7. The normalized spacial score (nSPS) is 13.2. The minimum absolute atomic E-state index is 0.162. The number of hydrogen-bond donors (Lipinski definition) is 1. The SMILES string of the molecule is Cc1ccc(C(C)N(C)S(=O)(=O)c2ccc(CC(=O)O)s2)cc1. The maximum Gasteiger partial charge on any atom is 0.308 e. The molecule has 0 fully saturated rings. The van der Waals surface area contributed by atoms with E-state index in [1.54, 1.807) is 6.07 Å².